The van der Waals surface area contributed by atoms with Crippen molar-refractivity contribution in [3.63, 3.8) is 0 Å². The minimum atomic E-state index is -0.0362. The summed E-state index contributed by atoms with van der Waals surface area (Å²) >= 11 is 3.49. The second-order valence-electron chi connectivity index (χ2n) is 5.05. The minimum absolute atomic E-state index is 0.0322. The maximum absolute atomic E-state index is 11.9. The Kier molecular flexibility index (Phi) is 3.88. The Bertz CT molecular complexity index is 697. The Labute approximate surface area is 132 Å². The number of hydrogen-bond donors (Lipinski definition) is 0. The first-order valence-electron chi connectivity index (χ1n) is 6.83. The van der Waals surface area contributed by atoms with Crippen LogP contribution >= 0.6 is 15.9 Å². The van der Waals surface area contributed by atoms with Crippen LogP contribution in [-0.2, 0) is 4.79 Å². The molecule has 21 heavy (non-hydrogen) atoms. The maximum atomic E-state index is 11.9. The van der Waals surface area contributed by atoms with E-state index in [1.807, 2.05) is 54.6 Å². The van der Waals surface area contributed by atoms with Crippen LogP contribution in [0.5, 0.6) is 0 Å². The topological polar surface area (TPSA) is 32.7 Å². The molecule has 4 heteroatoms. The fourth-order valence-electron chi connectivity index (χ4n) is 2.58. The molecule has 0 saturated heterocycles. The first-order valence-corrected chi connectivity index (χ1v) is 7.62. The number of hydrogen-bond acceptors (Lipinski definition) is 2. The summed E-state index contributed by atoms with van der Waals surface area (Å²) in [5.41, 5.74) is 3.12. The molecule has 0 spiro atoms. The summed E-state index contributed by atoms with van der Waals surface area (Å²) in [6, 6.07) is 18.0. The van der Waals surface area contributed by atoms with Crippen molar-refractivity contribution in [2.45, 2.75) is 19.4 Å². The first-order chi connectivity index (χ1) is 10.1. The van der Waals surface area contributed by atoms with Crippen molar-refractivity contribution in [2.75, 3.05) is 0 Å². The molecule has 1 aliphatic rings. The average molecular weight is 343 g/mol. The lowest BCUT2D eigenvalue weighted by Gasteiger charge is -2.20. The molecular formula is C17H15BrN2O. The molecule has 2 aromatic carbocycles. The molecule has 0 N–H and O–H groups in total. The zero-order valence-electron chi connectivity index (χ0n) is 11.7. The zero-order valence-corrected chi connectivity index (χ0v) is 13.2. The molecule has 2 aromatic rings. The Hall–Kier alpha value is -1.94. The highest BCUT2D eigenvalue weighted by molar-refractivity contribution is 9.10. The number of rotatable bonds is 2. The molecule has 1 unspecified atom stereocenters. The monoisotopic (exact) mass is 342 g/mol. The summed E-state index contributed by atoms with van der Waals surface area (Å²) in [5.74, 6) is -0.0362. The van der Waals surface area contributed by atoms with Crippen molar-refractivity contribution in [3.05, 3.63) is 70.2 Å². The predicted octanol–water partition coefficient (Wildman–Crippen LogP) is 4.15. The number of amides is 1. The van der Waals surface area contributed by atoms with E-state index in [1.54, 1.807) is 11.9 Å². The Morgan fingerprint density at radius 3 is 2.62 bits per heavy atom. The van der Waals surface area contributed by atoms with Crippen LogP contribution < -0.4 is 0 Å². The van der Waals surface area contributed by atoms with E-state index in [0.717, 1.165) is 27.7 Å². The fourth-order valence-corrected chi connectivity index (χ4v) is 3.00. The van der Waals surface area contributed by atoms with Crippen LogP contribution in [0.15, 0.2) is 64.2 Å². The number of hydrazone groups is 1. The van der Waals surface area contributed by atoms with Crippen LogP contribution in [0.3, 0.4) is 0 Å². The molecule has 0 aromatic heterocycles. The molecule has 3 rings (SSSR count). The van der Waals surface area contributed by atoms with Gasteiger partial charge in [0.2, 0.25) is 5.91 Å². The van der Waals surface area contributed by atoms with Crippen molar-refractivity contribution in [1.29, 1.82) is 0 Å². The lowest BCUT2D eigenvalue weighted by Crippen LogP contribution is -2.24. The van der Waals surface area contributed by atoms with Gasteiger partial charge < -0.3 is 0 Å². The molecule has 1 amide bonds. The first kappa shape index (κ1) is 14.0. The molecule has 0 aliphatic carbocycles. The van der Waals surface area contributed by atoms with Crippen molar-refractivity contribution in [3.8, 4) is 0 Å². The van der Waals surface area contributed by atoms with Gasteiger partial charge in [0.05, 0.1) is 11.8 Å². The van der Waals surface area contributed by atoms with Gasteiger partial charge in [0.1, 0.15) is 0 Å². The Balaban J connectivity index is 1.95. The quantitative estimate of drug-likeness (QED) is 0.806. The molecule has 0 bridgehead atoms. The lowest BCUT2D eigenvalue weighted by molar-refractivity contribution is -0.130. The maximum Gasteiger partial charge on any atom is 0.240 e. The SMILES string of the molecule is CC(=O)N1N=C(c2ccccc2)CC1c1cccc(Br)c1. The standard InChI is InChI=1S/C17H15BrN2O/c1-12(21)20-17(14-8-5-9-15(18)10-14)11-16(19-20)13-6-3-2-4-7-13/h2-10,17H,11H2,1H3. The van der Waals surface area contributed by atoms with E-state index < -0.39 is 0 Å². The highest BCUT2D eigenvalue weighted by atomic mass is 79.9. The summed E-state index contributed by atoms with van der Waals surface area (Å²) < 4.78 is 1.01. The van der Waals surface area contributed by atoms with E-state index in [0.29, 0.717) is 0 Å². The zero-order chi connectivity index (χ0) is 14.8. The summed E-state index contributed by atoms with van der Waals surface area (Å²) in [7, 11) is 0. The largest absolute Gasteiger partial charge is 0.273 e. The van der Waals surface area contributed by atoms with Crippen LogP contribution in [0.2, 0.25) is 0 Å². The summed E-state index contributed by atoms with van der Waals surface area (Å²) in [6.45, 7) is 1.56. The minimum Gasteiger partial charge on any atom is -0.273 e. The van der Waals surface area contributed by atoms with Gasteiger partial charge in [0.15, 0.2) is 0 Å². The van der Waals surface area contributed by atoms with Gasteiger partial charge in [-0.3, -0.25) is 4.79 Å². The van der Waals surface area contributed by atoms with Gasteiger partial charge in [-0.15, -0.1) is 0 Å². The molecule has 3 nitrogen and oxygen atoms in total. The van der Waals surface area contributed by atoms with E-state index in [2.05, 4.69) is 21.0 Å². The smallest absolute Gasteiger partial charge is 0.240 e. The number of benzene rings is 2. The molecule has 1 heterocycles. The number of carbonyl (C=O) groups excluding carboxylic acids is 1. The van der Waals surface area contributed by atoms with Gasteiger partial charge >= 0.3 is 0 Å². The van der Waals surface area contributed by atoms with Crippen LogP contribution in [0, 0.1) is 0 Å². The van der Waals surface area contributed by atoms with Crippen molar-refractivity contribution >= 4 is 27.5 Å². The van der Waals surface area contributed by atoms with Crippen LogP contribution in [0.25, 0.3) is 0 Å². The van der Waals surface area contributed by atoms with E-state index in [-0.39, 0.29) is 11.9 Å². The van der Waals surface area contributed by atoms with Gasteiger partial charge in [-0.25, -0.2) is 5.01 Å². The third-order valence-corrected chi connectivity index (χ3v) is 4.07. The van der Waals surface area contributed by atoms with Crippen LogP contribution in [0.1, 0.15) is 30.5 Å². The summed E-state index contributed by atoms with van der Waals surface area (Å²) in [6.07, 6.45) is 0.736. The van der Waals surface area contributed by atoms with E-state index >= 15 is 0 Å². The van der Waals surface area contributed by atoms with Crippen molar-refractivity contribution < 1.29 is 4.79 Å². The molecule has 106 valence electrons. The molecule has 1 aliphatic heterocycles. The number of nitrogens with zero attached hydrogens (tertiary/aromatic N) is 2. The Morgan fingerprint density at radius 1 is 1.19 bits per heavy atom. The second kappa shape index (κ2) is 5.82. The molecule has 0 saturated carbocycles. The fraction of sp³-hybridized carbons (Fsp3) is 0.176. The molecule has 0 radical (unpaired) electrons. The van der Waals surface area contributed by atoms with Crippen LogP contribution in [-0.4, -0.2) is 16.6 Å². The third kappa shape index (κ3) is 2.90. The van der Waals surface area contributed by atoms with Crippen LogP contribution in [0.4, 0.5) is 0 Å². The van der Waals surface area contributed by atoms with Crippen molar-refractivity contribution in [1.82, 2.24) is 5.01 Å². The average Bonchev–Trinajstić information content (AvgIpc) is 2.93. The number of carbonyl (C=O) groups is 1. The number of halogens is 1. The predicted molar refractivity (Wildman–Crippen MR) is 87.0 cm³/mol. The molecule has 1 atom stereocenters. The third-order valence-electron chi connectivity index (χ3n) is 3.57. The van der Waals surface area contributed by atoms with Crippen molar-refractivity contribution in [2.24, 2.45) is 5.10 Å². The van der Waals surface area contributed by atoms with Gasteiger partial charge in [-0.1, -0.05) is 58.4 Å². The second-order valence-corrected chi connectivity index (χ2v) is 5.97. The van der Waals surface area contributed by atoms with E-state index in [9.17, 15) is 4.79 Å². The normalized spacial score (nSPS) is 17.7. The van der Waals surface area contributed by atoms with E-state index in [4.69, 9.17) is 0 Å². The lowest BCUT2D eigenvalue weighted by atomic mass is 9.98. The van der Waals surface area contributed by atoms with Gasteiger partial charge in [0, 0.05) is 17.8 Å². The van der Waals surface area contributed by atoms with E-state index in [1.165, 1.54) is 0 Å². The summed E-state index contributed by atoms with van der Waals surface area (Å²) in [4.78, 5) is 11.9. The Morgan fingerprint density at radius 2 is 1.95 bits per heavy atom. The molecule has 0 fully saturated rings. The van der Waals surface area contributed by atoms with Gasteiger partial charge in [-0.05, 0) is 23.3 Å². The molecular weight excluding hydrogens is 328 g/mol. The van der Waals surface area contributed by atoms with Gasteiger partial charge in [0.25, 0.3) is 0 Å². The summed E-state index contributed by atoms with van der Waals surface area (Å²) in [5, 5.41) is 6.12. The highest BCUT2D eigenvalue weighted by Gasteiger charge is 2.31. The van der Waals surface area contributed by atoms with Gasteiger partial charge in [-0.2, -0.15) is 5.10 Å². The highest BCUT2D eigenvalue weighted by Crippen LogP contribution is 2.33.